The van der Waals surface area contributed by atoms with E-state index in [1.807, 2.05) is 0 Å². The average Bonchev–Trinajstić information content (AvgIpc) is 2.89. The van der Waals surface area contributed by atoms with E-state index in [4.69, 9.17) is 9.22 Å². The minimum atomic E-state index is -3.50. The van der Waals surface area contributed by atoms with Crippen LogP contribution in [0.2, 0.25) is 4.44 Å². The molecule has 0 amide bonds. The van der Waals surface area contributed by atoms with Crippen LogP contribution in [-0.2, 0) is 9.22 Å². The Morgan fingerprint density at radius 2 is 0.556 bits per heavy atom. The van der Waals surface area contributed by atoms with E-state index in [1.54, 1.807) is 0 Å². The van der Waals surface area contributed by atoms with Gasteiger partial charge in [-0.1, -0.05) is 0 Å². The molecule has 0 rings (SSSR count). The fourth-order valence-electron chi connectivity index (χ4n) is 4.79. The summed E-state index contributed by atoms with van der Waals surface area (Å²) in [6.45, 7) is 11.7. The third-order valence-corrected chi connectivity index (χ3v) is 15.6. The Labute approximate surface area is 234 Å². The number of hydrogen-bond acceptors (Lipinski definition) is 3. The maximum atomic E-state index is 6.72. The van der Waals surface area contributed by atoms with Crippen LogP contribution < -0.4 is 0 Å². The van der Waals surface area contributed by atoms with Gasteiger partial charge >= 0.3 is 235 Å². The molecule has 0 aliphatic carbocycles. The second-order valence-electron chi connectivity index (χ2n) is 11.0. The quantitative estimate of drug-likeness (QED) is 0.0571. The molecule has 0 heterocycles. The molecule has 0 aromatic rings. The molecule has 0 aromatic heterocycles. The summed E-state index contributed by atoms with van der Waals surface area (Å²) >= 11 is -3.50. The van der Waals surface area contributed by atoms with E-state index >= 15 is 0 Å². The molecular weight excluding hydrogens is 551 g/mol. The van der Waals surface area contributed by atoms with Crippen molar-refractivity contribution in [1.29, 1.82) is 0 Å². The fourth-order valence-corrected chi connectivity index (χ4v) is 12.6. The van der Waals surface area contributed by atoms with Gasteiger partial charge < -0.3 is 0 Å². The normalized spacial score (nSPS) is 12.0. The number of hydrogen-bond donors (Lipinski definition) is 0. The zero-order valence-corrected chi connectivity index (χ0v) is 28.4. The number of rotatable bonds is 31. The molecule has 0 spiro atoms. The van der Waals surface area contributed by atoms with E-state index in [2.05, 4.69) is 27.7 Å². The summed E-state index contributed by atoms with van der Waals surface area (Å²) in [6, 6.07) is 0. The Morgan fingerprint density at radius 3 is 0.861 bits per heavy atom. The zero-order valence-electron chi connectivity index (χ0n) is 25.5. The van der Waals surface area contributed by atoms with Gasteiger partial charge in [0.15, 0.2) is 0 Å². The fraction of sp³-hybridized carbons (Fsp3) is 1.00. The molecule has 36 heavy (non-hydrogen) atoms. The van der Waals surface area contributed by atoms with Crippen LogP contribution >= 0.6 is 0 Å². The summed E-state index contributed by atoms with van der Waals surface area (Å²) in [6.07, 6.45) is 31.4. The third kappa shape index (κ3) is 25.0. The second kappa shape index (κ2) is 30.2. The summed E-state index contributed by atoms with van der Waals surface area (Å²) in [5.41, 5.74) is 0. The molecule has 0 fully saturated rings. The molecule has 0 radical (unpaired) electrons. The first-order chi connectivity index (χ1) is 17.7. The SMILES string of the molecule is CCCCCCCC[O][Sn]([CH2]CCCCCCC)([O]CCCCCCCC)[O]CCCCCCCC. The van der Waals surface area contributed by atoms with Crippen molar-refractivity contribution in [3.63, 3.8) is 0 Å². The van der Waals surface area contributed by atoms with Crippen molar-refractivity contribution in [1.82, 2.24) is 0 Å². The van der Waals surface area contributed by atoms with Gasteiger partial charge in [0.2, 0.25) is 0 Å². The van der Waals surface area contributed by atoms with Crippen LogP contribution in [0.25, 0.3) is 0 Å². The molecule has 0 unspecified atom stereocenters. The van der Waals surface area contributed by atoms with Crippen molar-refractivity contribution < 1.29 is 9.22 Å². The van der Waals surface area contributed by atoms with Crippen LogP contribution in [0.3, 0.4) is 0 Å². The van der Waals surface area contributed by atoms with E-state index in [1.165, 1.54) is 154 Å². The molecule has 0 atom stereocenters. The number of unbranched alkanes of at least 4 members (excludes halogenated alkanes) is 20. The summed E-state index contributed by atoms with van der Waals surface area (Å²) in [7, 11) is 0. The monoisotopic (exact) mass is 620 g/mol. The van der Waals surface area contributed by atoms with E-state index in [0.717, 1.165) is 24.3 Å². The molecule has 4 heteroatoms. The van der Waals surface area contributed by atoms with Gasteiger partial charge in [0.05, 0.1) is 0 Å². The summed E-state index contributed by atoms with van der Waals surface area (Å²) in [5, 5.41) is 0. The van der Waals surface area contributed by atoms with E-state index in [9.17, 15) is 0 Å². The van der Waals surface area contributed by atoms with Gasteiger partial charge in [0, 0.05) is 0 Å². The van der Waals surface area contributed by atoms with E-state index < -0.39 is 19.6 Å². The molecule has 0 N–H and O–H groups in total. The summed E-state index contributed by atoms with van der Waals surface area (Å²) in [5.74, 6) is 0. The minimum absolute atomic E-state index is 0.852. The van der Waals surface area contributed by atoms with Crippen LogP contribution in [-0.4, -0.2) is 39.4 Å². The van der Waals surface area contributed by atoms with Gasteiger partial charge in [-0.2, -0.15) is 0 Å². The standard InChI is InChI=1S/3C8H17O.C8H17.Sn/c3*1-2-3-4-5-6-7-8-9;1-3-5-7-8-6-4-2;/h3*2-8H2,1H3;1,3-8H2,2H3;/q3*-1;;+3. The van der Waals surface area contributed by atoms with Gasteiger partial charge in [0.25, 0.3) is 0 Å². The van der Waals surface area contributed by atoms with Gasteiger partial charge in [-0.25, -0.2) is 0 Å². The van der Waals surface area contributed by atoms with Crippen molar-refractivity contribution in [3.8, 4) is 0 Å². The Balaban J connectivity index is 4.77. The first-order valence-electron chi connectivity index (χ1n) is 16.7. The van der Waals surface area contributed by atoms with E-state index in [0.29, 0.717) is 0 Å². The predicted molar refractivity (Wildman–Crippen MR) is 162 cm³/mol. The first kappa shape index (κ1) is 36.7. The van der Waals surface area contributed by atoms with Crippen LogP contribution in [0, 0.1) is 0 Å². The molecule has 3 nitrogen and oxygen atoms in total. The van der Waals surface area contributed by atoms with Gasteiger partial charge in [-0.05, 0) is 0 Å². The molecule has 0 aliphatic heterocycles. The van der Waals surface area contributed by atoms with Crippen LogP contribution in [0.15, 0.2) is 0 Å². The molecule has 0 aliphatic rings. The Kier molecular flexibility index (Phi) is 30.8. The van der Waals surface area contributed by atoms with Crippen LogP contribution in [0.4, 0.5) is 0 Å². The molecule has 0 saturated carbocycles. The van der Waals surface area contributed by atoms with Crippen LogP contribution in [0.1, 0.15) is 182 Å². The van der Waals surface area contributed by atoms with Crippen molar-refractivity contribution in [3.05, 3.63) is 0 Å². The van der Waals surface area contributed by atoms with Crippen molar-refractivity contribution in [2.45, 2.75) is 186 Å². The van der Waals surface area contributed by atoms with Gasteiger partial charge in [-0.15, -0.1) is 0 Å². The first-order valence-corrected chi connectivity index (χ1v) is 22.2. The molecule has 218 valence electrons. The predicted octanol–water partition coefficient (Wildman–Crippen LogP) is 11.4. The van der Waals surface area contributed by atoms with Crippen LogP contribution in [0.5, 0.6) is 0 Å². The Morgan fingerprint density at radius 1 is 0.306 bits per heavy atom. The average molecular weight is 620 g/mol. The van der Waals surface area contributed by atoms with E-state index in [-0.39, 0.29) is 0 Å². The van der Waals surface area contributed by atoms with Gasteiger partial charge in [-0.3, -0.25) is 0 Å². The third-order valence-electron chi connectivity index (χ3n) is 7.30. The molecule has 0 saturated heterocycles. The zero-order chi connectivity index (χ0) is 26.4. The van der Waals surface area contributed by atoms with Crippen molar-refractivity contribution in [2.24, 2.45) is 0 Å². The van der Waals surface area contributed by atoms with Gasteiger partial charge in [0.1, 0.15) is 0 Å². The van der Waals surface area contributed by atoms with Crippen molar-refractivity contribution in [2.75, 3.05) is 19.8 Å². The molecular formula is C32H68O3Sn. The second-order valence-corrected chi connectivity index (χ2v) is 18.8. The Bertz CT molecular complexity index is 359. The summed E-state index contributed by atoms with van der Waals surface area (Å²) < 4.78 is 21.2. The topological polar surface area (TPSA) is 27.7 Å². The molecule has 0 aromatic carbocycles. The van der Waals surface area contributed by atoms with Crippen molar-refractivity contribution >= 4 is 19.6 Å². The maximum absolute atomic E-state index is 6.72. The summed E-state index contributed by atoms with van der Waals surface area (Å²) in [4.78, 5) is 0. The molecule has 0 bridgehead atoms. The Hall–Kier alpha value is 0.679.